The second-order valence-electron chi connectivity index (χ2n) is 8.08. The number of carbonyl (C=O) groups is 4. The molecule has 1 aliphatic carbocycles. The number of ether oxygens (including phenoxy) is 2. The zero-order valence-corrected chi connectivity index (χ0v) is 17.0. The van der Waals surface area contributed by atoms with Crippen molar-refractivity contribution in [3.63, 3.8) is 0 Å². The summed E-state index contributed by atoms with van der Waals surface area (Å²) in [5.74, 6) is 0.513. The normalized spacial score (nSPS) is 26.8. The number of benzene rings is 1. The van der Waals surface area contributed by atoms with Gasteiger partial charge in [-0.25, -0.2) is 4.79 Å². The van der Waals surface area contributed by atoms with E-state index in [1.807, 2.05) is 24.3 Å². The summed E-state index contributed by atoms with van der Waals surface area (Å²) in [7, 11) is 0. The number of cyclic esters (lactones) is 1. The Labute approximate surface area is 174 Å². The Hall–Kier alpha value is -3.10. The maximum atomic E-state index is 12.1. The van der Waals surface area contributed by atoms with Crippen LogP contribution in [0.4, 0.5) is 10.5 Å². The highest BCUT2D eigenvalue weighted by Gasteiger charge is 2.57. The molecular formula is C21H25N3O6. The fourth-order valence-corrected chi connectivity index (χ4v) is 4.45. The molecule has 4 atom stereocenters. The molecule has 1 saturated carbocycles. The Bertz CT molecular complexity index is 858. The van der Waals surface area contributed by atoms with Crippen LogP contribution in [0.3, 0.4) is 0 Å². The summed E-state index contributed by atoms with van der Waals surface area (Å²) < 4.78 is 10.1. The maximum Gasteiger partial charge on any atom is 0.414 e. The van der Waals surface area contributed by atoms with Crippen molar-refractivity contribution in [2.45, 2.75) is 25.9 Å². The Morgan fingerprint density at radius 3 is 2.37 bits per heavy atom. The van der Waals surface area contributed by atoms with Crippen LogP contribution in [0.2, 0.25) is 0 Å². The van der Waals surface area contributed by atoms with Crippen LogP contribution >= 0.6 is 0 Å². The highest BCUT2D eigenvalue weighted by atomic mass is 16.6. The van der Waals surface area contributed by atoms with Gasteiger partial charge in [0.25, 0.3) is 5.91 Å². The molecule has 1 aromatic carbocycles. The number of esters is 1. The van der Waals surface area contributed by atoms with Gasteiger partial charge in [0.15, 0.2) is 6.61 Å². The third-order valence-corrected chi connectivity index (χ3v) is 5.99. The molecule has 0 bridgehead atoms. The first-order valence-electron chi connectivity index (χ1n) is 10.1. The average Bonchev–Trinajstić information content (AvgIpc) is 3.02. The van der Waals surface area contributed by atoms with Gasteiger partial charge in [0.1, 0.15) is 6.10 Å². The van der Waals surface area contributed by atoms with E-state index in [-0.39, 0.29) is 24.5 Å². The number of carbonyl (C=O) groups excluding carboxylic acids is 4. The van der Waals surface area contributed by atoms with Gasteiger partial charge in [-0.15, -0.1) is 0 Å². The van der Waals surface area contributed by atoms with Gasteiger partial charge in [0.2, 0.25) is 5.91 Å². The Morgan fingerprint density at radius 2 is 1.77 bits per heavy atom. The van der Waals surface area contributed by atoms with Crippen LogP contribution in [0.25, 0.3) is 0 Å². The van der Waals surface area contributed by atoms with Crippen molar-refractivity contribution in [3.8, 4) is 0 Å². The molecule has 30 heavy (non-hydrogen) atoms. The molecule has 4 rings (SSSR count). The van der Waals surface area contributed by atoms with Crippen LogP contribution in [0, 0.1) is 11.8 Å². The number of nitrogens with zero attached hydrogens (tertiary/aromatic N) is 2. The molecule has 1 aromatic rings. The van der Waals surface area contributed by atoms with Crippen LogP contribution in [0.15, 0.2) is 24.3 Å². The molecule has 9 heteroatoms. The molecule has 160 valence electrons. The van der Waals surface area contributed by atoms with E-state index in [0.29, 0.717) is 43.9 Å². The van der Waals surface area contributed by atoms with Crippen molar-refractivity contribution in [1.82, 2.24) is 10.2 Å². The van der Waals surface area contributed by atoms with Gasteiger partial charge in [0, 0.05) is 32.6 Å². The van der Waals surface area contributed by atoms with Crippen molar-refractivity contribution >= 4 is 29.6 Å². The van der Waals surface area contributed by atoms with E-state index in [0.717, 1.165) is 5.69 Å². The van der Waals surface area contributed by atoms with Crippen molar-refractivity contribution in [3.05, 3.63) is 29.8 Å². The molecule has 2 aliphatic heterocycles. The van der Waals surface area contributed by atoms with E-state index >= 15 is 0 Å². The smallest absolute Gasteiger partial charge is 0.414 e. The number of hydrogen-bond donors (Lipinski definition) is 1. The molecule has 0 radical (unpaired) electrons. The number of rotatable bonds is 6. The summed E-state index contributed by atoms with van der Waals surface area (Å²) in [5, 5.41) is 2.66. The van der Waals surface area contributed by atoms with Crippen LogP contribution in [0.1, 0.15) is 25.3 Å². The zero-order valence-electron chi connectivity index (χ0n) is 17.0. The predicted octanol–water partition coefficient (Wildman–Crippen LogP) is 0.883. The number of likely N-dealkylation sites (tertiary alicyclic amines) is 1. The molecule has 3 amide bonds. The van der Waals surface area contributed by atoms with Gasteiger partial charge in [-0.05, 0) is 35.4 Å². The minimum absolute atomic E-state index is 0.145. The van der Waals surface area contributed by atoms with Crippen LogP contribution in [-0.4, -0.2) is 67.7 Å². The minimum Gasteiger partial charge on any atom is -0.456 e. The number of nitrogens with one attached hydrogen (secondary N) is 1. The first-order chi connectivity index (χ1) is 14.3. The summed E-state index contributed by atoms with van der Waals surface area (Å²) in [6.07, 6.45) is -0.775. The molecule has 0 spiro atoms. The summed E-state index contributed by atoms with van der Waals surface area (Å²) >= 11 is 0. The average molecular weight is 415 g/mol. The highest BCUT2D eigenvalue weighted by molar-refractivity contribution is 5.89. The first kappa shape index (κ1) is 20.2. The second kappa shape index (κ2) is 7.97. The fourth-order valence-electron chi connectivity index (χ4n) is 4.45. The van der Waals surface area contributed by atoms with Crippen molar-refractivity contribution in [2.75, 3.05) is 37.7 Å². The van der Waals surface area contributed by atoms with Gasteiger partial charge < -0.3 is 19.7 Å². The second-order valence-corrected chi connectivity index (χ2v) is 8.08. The summed E-state index contributed by atoms with van der Waals surface area (Å²) in [6, 6.07) is 7.87. The van der Waals surface area contributed by atoms with Gasteiger partial charge in [-0.3, -0.25) is 19.3 Å². The van der Waals surface area contributed by atoms with E-state index < -0.39 is 12.1 Å². The standard InChI is InChI=1S/C21H25N3O6/c1-12(25)22-7-16-8-24(21(28)30-16)15-5-3-14(4-6-15)20-17-9-23(10-18(17)20)19(27)11-29-13(2)26/h3-6,16-18,20H,7-11H2,1-2H3,(H,22,25)/t16-,17-,18+,20?/m0/s1. The van der Waals surface area contributed by atoms with Gasteiger partial charge in [-0.2, -0.15) is 0 Å². The van der Waals surface area contributed by atoms with Gasteiger partial charge in [0.05, 0.1) is 13.1 Å². The minimum atomic E-state index is -0.450. The lowest BCUT2D eigenvalue weighted by atomic mass is 10.1. The quantitative estimate of drug-likeness (QED) is 0.692. The monoisotopic (exact) mass is 415 g/mol. The predicted molar refractivity (Wildman–Crippen MR) is 106 cm³/mol. The molecule has 3 fully saturated rings. The zero-order chi connectivity index (χ0) is 21.4. The summed E-state index contributed by atoms with van der Waals surface area (Å²) in [4.78, 5) is 49.4. The molecule has 9 nitrogen and oxygen atoms in total. The molecule has 2 saturated heterocycles. The lowest BCUT2D eigenvalue weighted by Crippen LogP contribution is -2.34. The molecule has 2 heterocycles. The van der Waals surface area contributed by atoms with Gasteiger partial charge >= 0.3 is 12.1 Å². The lowest BCUT2D eigenvalue weighted by Gasteiger charge is -2.20. The molecule has 0 aromatic heterocycles. The van der Waals surface area contributed by atoms with E-state index in [2.05, 4.69) is 5.32 Å². The van der Waals surface area contributed by atoms with Crippen molar-refractivity contribution < 1.29 is 28.7 Å². The third kappa shape index (κ3) is 4.10. The lowest BCUT2D eigenvalue weighted by molar-refractivity contribution is -0.150. The highest BCUT2D eigenvalue weighted by Crippen LogP contribution is 2.58. The number of anilines is 1. The summed E-state index contributed by atoms with van der Waals surface area (Å²) in [5.41, 5.74) is 1.96. The van der Waals surface area contributed by atoms with E-state index in [1.165, 1.54) is 19.4 Å². The third-order valence-electron chi connectivity index (χ3n) is 5.99. The maximum absolute atomic E-state index is 12.1. The molecular weight excluding hydrogens is 390 g/mol. The SMILES string of the molecule is CC(=O)NC[C@H]1CN(c2ccc(C3[C@H]4CN(C(=O)COC(C)=O)C[C@@H]34)cc2)C(=O)O1. The Balaban J connectivity index is 1.30. The number of amides is 3. The summed E-state index contributed by atoms with van der Waals surface area (Å²) in [6.45, 7) is 4.58. The molecule has 3 aliphatic rings. The number of piperidine rings is 1. The molecule has 1 N–H and O–H groups in total. The first-order valence-corrected chi connectivity index (χ1v) is 10.1. The number of hydrogen-bond acceptors (Lipinski definition) is 6. The van der Waals surface area contributed by atoms with Crippen LogP contribution in [0.5, 0.6) is 0 Å². The Morgan fingerprint density at radius 1 is 1.10 bits per heavy atom. The number of fused-ring (bicyclic) bond motifs is 1. The van der Waals surface area contributed by atoms with Crippen LogP contribution in [-0.2, 0) is 23.9 Å². The topological polar surface area (TPSA) is 105 Å². The Kier molecular flexibility index (Phi) is 5.36. The van der Waals surface area contributed by atoms with E-state index in [4.69, 9.17) is 9.47 Å². The van der Waals surface area contributed by atoms with Crippen molar-refractivity contribution in [1.29, 1.82) is 0 Å². The largest absolute Gasteiger partial charge is 0.456 e. The van der Waals surface area contributed by atoms with Gasteiger partial charge in [-0.1, -0.05) is 12.1 Å². The van der Waals surface area contributed by atoms with Crippen molar-refractivity contribution in [2.24, 2.45) is 11.8 Å². The van der Waals surface area contributed by atoms with Crippen LogP contribution < -0.4 is 10.2 Å². The fraction of sp³-hybridized carbons (Fsp3) is 0.524. The van der Waals surface area contributed by atoms with E-state index in [9.17, 15) is 19.2 Å². The molecule has 1 unspecified atom stereocenters. The van der Waals surface area contributed by atoms with E-state index in [1.54, 1.807) is 9.80 Å².